The minimum atomic E-state index is -0.133. The summed E-state index contributed by atoms with van der Waals surface area (Å²) >= 11 is 1.28. The molecule has 1 amide bonds. The summed E-state index contributed by atoms with van der Waals surface area (Å²) in [4.78, 5) is 48.7. The molecule has 0 spiro atoms. The Morgan fingerprint density at radius 3 is 2.25 bits per heavy atom. The lowest BCUT2D eigenvalue weighted by molar-refractivity contribution is 0.0746. The molecule has 0 N–H and O–H groups in total. The van der Waals surface area contributed by atoms with E-state index in [2.05, 4.69) is 24.0 Å². The number of rotatable bonds is 10. The number of para-hydroxylation sites is 1. The normalized spacial score (nSPS) is 13.5. The van der Waals surface area contributed by atoms with E-state index in [1.54, 1.807) is 34.9 Å². The summed E-state index contributed by atoms with van der Waals surface area (Å²) in [7, 11) is 0. The number of hydrogen-bond acceptors (Lipinski definition) is 6. The Balaban J connectivity index is 1.37. The highest BCUT2D eigenvalue weighted by molar-refractivity contribution is 7.99. The third-order valence-corrected chi connectivity index (χ3v) is 8.25. The molecule has 0 saturated carbocycles. The van der Waals surface area contributed by atoms with E-state index in [1.807, 2.05) is 41.3 Å². The van der Waals surface area contributed by atoms with Gasteiger partial charge in [0, 0.05) is 49.5 Å². The third-order valence-electron chi connectivity index (χ3n) is 7.27. The molecule has 0 radical (unpaired) electrons. The van der Waals surface area contributed by atoms with Crippen LogP contribution in [0.4, 0.5) is 5.69 Å². The number of ketones is 1. The minimum absolute atomic E-state index is 0.0152. The zero-order valence-corrected chi connectivity index (χ0v) is 23.6. The Kier molecular flexibility index (Phi) is 8.96. The van der Waals surface area contributed by atoms with Gasteiger partial charge in [-0.15, -0.1) is 0 Å². The molecule has 3 aromatic carbocycles. The maximum absolute atomic E-state index is 13.5. The molecule has 1 aromatic heterocycles. The van der Waals surface area contributed by atoms with Crippen molar-refractivity contribution in [3.8, 4) is 0 Å². The Labute approximate surface area is 238 Å². The zero-order valence-electron chi connectivity index (χ0n) is 22.8. The lowest BCUT2D eigenvalue weighted by Crippen LogP contribution is -2.48. The molecule has 5 rings (SSSR count). The largest absolute Gasteiger partial charge is 0.368 e. The fourth-order valence-corrected chi connectivity index (χ4v) is 5.91. The van der Waals surface area contributed by atoms with Gasteiger partial charge in [0.15, 0.2) is 10.9 Å². The van der Waals surface area contributed by atoms with Gasteiger partial charge in [0.05, 0.1) is 16.7 Å². The summed E-state index contributed by atoms with van der Waals surface area (Å²) in [6.45, 7) is 5.45. The fraction of sp³-hybridized carbons (Fsp3) is 0.312. The summed E-state index contributed by atoms with van der Waals surface area (Å²) in [6.07, 6.45) is 2.90. The van der Waals surface area contributed by atoms with Crippen molar-refractivity contribution in [3.05, 3.63) is 100 Å². The Morgan fingerprint density at radius 2 is 1.55 bits per heavy atom. The SMILES string of the molecule is CCCCCn1c(SCC(=O)c2ccccc2)nc2cc(C(=O)N3CCN(c4ccccc4)CC3)ccc2c1=O. The molecule has 40 heavy (non-hydrogen) atoms. The van der Waals surface area contributed by atoms with Crippen molar-refractivity contribution in [3.63, 3.8) is 0 Å². The number of benzene rings is 3. The van der Waals surface area contributed by atoms with Crippen molar-refractivity contribution in [1.82, 2.24) is 14.5 Å². The topological polar surface area (TPSA) is 75.5 Å². The number of carbonyl (C=O) groups is 2. The minimum Gasteiger partial charge on any atom is -0.368 e. The molecule has 1 aliphatic heterocycles. The maximum Gasteiger partial charge on any atom is 0.262 e. The van der Waals surface area contributed by atoms with Crippen molar-refractivity contribution < 1.29 is 9.59 Å². The standard InChI is InChI=1S/C32H34N4O3S/c1-2-3-10-17-36-31(39)27-16-15-25(30(38)35-20-18-34(19-21-35)26-13-8-5-9-14-26)22-28(27)33-32(36)40-23-29(37)24-11-6-4-7-12-24/h4-9,11-16,22H,2-3,10,17-21,23H2,1H3. The van der Waals surface area contributed by atoms with E-state index in [0.717, 1.165) is 38.0 Å². The third kappa shape index (κ3) is 6.28. The average Bonchev–Trinajstić information content (AvgIpc) is 3.01. The summed E-state index contributed by atoms with van der Waals surface area (Å²) in [5.41, 5.74) is 2.67. The first-order chi connectivity index (χ1) is 19.5. The van der Waals surface area contributed by atoms with E-state index >= 15 is 0 Å². The first-order valence-corrected chi connectivity index (χ1v) is 14.9. The van der Waals surface area contributed by atoms with Crippen LogP contribution >= 0.6 is 11.8 Å². The highest BCUT2D eigenvalue weighted by Crippen LogP contribution is 2.22. The molecule has 1 fully saturated rings. The van der Waals surface area contributed by atoms with Crippen LogP contribution < -0.4 is 10.5 Å². The number of thioether (sulfide) groups is 1. The molecule has 4 aromatic rings. The van der Waals surface area contributed by atoms with E-state index < -0.39 is 0 Å². The Bertz CT molecular complexity index is 1530. The predicted molar refractivity (Wildman–Crippen MR) is 162 cm³/mol. The highest BCUT2D eigenvalue weighted by Gasteiger charge is 2.23. The van der Waals surface area contributed by atoms with Crippen LogP contribution in [0.15, 0.2) is 88.8 Å². The molecule has 7 nitrogen and oxygen atoms in total. The molecule has 206 valence electrons. The van der Waals surface area contributed by atoms with Gasteiger partial charge in [-0.3, -0.25) is 19.0 Å². The quantitative estimate of drug-likeness (QED) is 0.111. The second-order valence-corrected chi connectivity index (χ2v) is 10.9. The van der Waals surface area contributed by atoms with Crippen LogP contribution in [0.25, 0.3) is 10.9 Å². The molecular formula is C32H34N4O3S. The maximum atomic E-state index is 13.5. The number of carbonyl (C=O) groups excluding carboxylic acids is 2. The van der Waals surface area contributed by atoms with Crippen LogP contribution in [0.2, 0.25) is 0 Å². The van der Waals surface area contributed by atoms with Gasteiger partial charge in [-0.1, -0.05) is 80.1 Å². The van der Waals surface area contributed by atoms with Crippen molar-refractivity contribution in [2.24, 2.45) is 0 Å². The van der Waals surface area contributed by atoms with Gasteiger partial charge < -0.3 is 9.80 Å². The van der Waals surface area contributed by atoms with E-state index in [4.69, 9.17) is 4.98 Å². The van der Waals surface area contributed by atoms with E-state index in [1.165, 1.54) is 11.8 Å². The molecule has 0 bridgehead atoms. The Morgan fingerprint density at radius 1 is 0.850 bits per heavy atom. The number of unbranched alkanes of at least 4 members (excludes halogenated alkanes) is 2. The lowest BCUT2D eigenvalue weighted by Gasteiger charge is -2.36. The van der Waals surface area contributed by atoms with Crippen LogP contribution in [0.5, 0.6) is 0 Å². The molecule has 1 aliphatic rings. The van der Waals surface area contributed by atoms with E-state index in [9.17, 15) is 14.4 Å². The van der Waals surface area contributed by atoms with Crippen molar-refractivity contribution >= 4 is 40.0 Å². The summed E-state index contributed by atoms with van der Waals surface area (Å²) in [6, 6.07) is 24.6. The zero-order chi connectivity index (χ0) is 27.9. The molecule has 2 heterocycles. The summed E-state index contributed by atoms with van der Waals surface area (Å²) in [5.74, 6) is 0.107. The summed E-state index contributed by atoms with van der Waals surface area (Å²) < 4.78 is 1.69. The van der Waals surface area contributed by atoms with Crippen molar-refractivity contribution in [1.29, 1.82) is 0 Å². The second-order valence-electron chi connectivity index (χ2n) is 9.98. The molecule has 0 unspecified atom stereocenters. The number of aromatic nitrogens is 2. The first kappa shape index (κ1) is 27.6. The van der Waals surface area contributed by atoms with Gasteiger partial charge in [0.1, 0.15) is 0 Å². The van der Waals surface area contributed by atoms with E-state index in [0.29, 0.717) is 46.8 Å². The fourth-order valence-electron chi connectivity index (χ4n) is 4.99. The van der Waals surface area contributed by atoms with Gasteiger partial charge in [-0.2, -0.15) is 0 Å². The molecular weight excluding hydrogens is 520 g/mol. The average molecular weight is 555 g/mol. The van der Waals surface area contributed by atoms with Crippen LogP contribution in [-0.2, 0) is 6.54 Å². The van der Waals surface area contributed by atoms with Crippen LogP contribution in [-0.4, -0.2) is 58.1 Å². The molecule has 8 heteroatoms. The summed E-state index contributed by atoms with van der Waals surface area (Å²) in [5, 5.41) is 1.000. The number of fused-ring (bicyclic) bond motifs is 1. The smallest absolute Gasteiger partial charge is 0.262 e. The van der Waals surface area contributed by atoms with Crippen LogP contribution in [0.1, 0.15) is 46.9 Å². The highest BCUT2D eigenvalue weighted by atomic mass is 32.2. The second kappa shape index (κ2) is 13.0. The number of anilines is 1. The van der Waals surface area contributed by atoms with Gasteiger partial charge in [-0.25, -0.2) is 4.98 Å². The van der Waals surface area contributed by atoms with Gasteiger partial charge >= 0.3 is 0 Å². The van der Waals surface area contributed by atoms with Crippen molar-refractivity contribution in [2.45, 2.75) is 37.9 Å². The molecule has 0 atom stereocenters. The lowest BCUT2D eigenvalue weighted by atomic mass is 10.1. The van der Waals surface area contributed by atoms with Crippen molar-refractivity contribution in [2.75, 3.05) is 36.8 Å². The van der Waals surface area contributed by atoms with Gasteiger partial charge in [0.2, 0.25) is 0 Å². The van der Waals surface area contributed by atoms with E-state index in [-0.39, 0.29) is 23.0 Å². The number of nitrogens with zero attached hydrogens (tertiary/aromatic N) is 4. The first-order valence-electron chi connectivity index (χ1n) is 13.9. The number of hydrogen-bond donors (Lipinski definition) is 0. The van der Waals surface area contributed by atoms with Gasteiger partial charge in [-0.05, 0) is 36.8 Å². The van der Waals surface area contributed by atoms with Gasteiger partial charge in [0.25, 0.3) is 11.5 Å². The predicted octanol–water partition coefficient (Wildman–Crippen LogP) is 5.52. The molecule has 1 saturated heterocycles. The monoisotopic (exact) mass is 554 g/mol. The van der Waals surface area contributed by atoms with Crippen LogP contribution in [0, 0.1) is 0 Å². The number of piperazine rings is 1. The number of Topliss-reactive ketones (excluding diaryl/α,β-unsaturated/α-hetero) is 1. The van der Waals surface area contributed by atoms with Crippen LogP contribution in [0.3, 0.4) is 0 Å². The molecule has 0 aliphatic carbocycles. The Hall–Kier alpha value is -3.91. The number of amides is 1.